The molecule has 9 heteroatoms. The lowest BCUT2D eigenvalue weighted by Gasteiger charge is -2.42. The van der Waals surface area contributed by atoms with Gasteiger partial charge in [0.05, 0.1) is 17.6 Å². The number of benzene rings is 2. The first kappa shape index (κ1) is 25.3. The number of nitrogens with zero attached hydrogens (tertiary/aromatic N) is 1. The molecule has 2 atom stereocenters. The number of hydrogen-bond acceptors (Lipinski definition) is 7. The molecule has 34 heavy (non-hydrogen) atoms. The number of methoxy groups -OCH3 is 1. The molecule has 0 saturated carbocycles. The minimum absolute atomic E-state index is 0.00662. The first-order valence-corrected chi connectivity index (χ1v) is 11.1. The summed E-state index contributed by atoms with van der Waals surface area (Å²) in [5.41, 5.74) is -0.291. The molecule has 0 spiro atoms. The van der Waals surface area contributed by atoms with Gasteiger partial charge in [-0.25, -0.2) is 4.79 Å². The molecular formula is C25H32N2O7. The van der Waals surface area contributed by atoms with Gasteiger partial charge in [-0.2, -0.15) is 0 Å². The summed E-state index contributed by atoms with van der Waals surface area (Å²) in [5.74, 6) is 0.236. The van der Waals surface area contributed by atoms with Gasteiger partial charge in [0.1, 0.15) is 17.5 Å². The SMILES string of the molecule is COc1cc2c(c(CCc3ccccc3)c1[N+](=O)[O-])OC(C)(C)[C@H](O)[C@H]2OC(=O)NC(C)(C)C. The second-order valence-corrected chi connectivity index (χ2v) is 9.92. The zero-order valence-electron chi connectivity index (χ0n) is 20.4. The van der Waals surface area contributed by atoms with Crippen molar-refractivity contribution in [3.63, 3.8) is 0 Å². The van der Waals surface area contributed by atoms with E-state index in [-0.39, 0.29) is 23.6 Å². The molecule has 184 valence electrons. The van der Waals surface area contributed by atoms with E-state index >= 15 is 0 Å². The number of hydrogen-bond donors (Lipinski definition) is 2. The second-order valence-electron chi connectivity index (χ2n) is 9.92. The normalized spacial score (nSPS) is 18.9. The van der Waals surface area contributed by atoms with Crippen LogP contribution in [0.15, 0.2) is 36.4 Å². The van der Waals surface area contributed by atoms with Crippen molar-refractivity contribution in [2.75, 3.05) is 7.11 Å². The Kier molecular flexibility index (Phi) is 7.07. The van der Waals surface area contributed by atoms with E-state index in [0.717, 1.165) is 5.56 Å². The molecule has 2 N–H and O–H groups in total. The molecule has 0 aromatic heterocycles. The zero-order valence-corrected chi connectivity index (χ0v) is 20.4. The van der Waals surface area contributed by atoms with Crippen LogP contribution in [-0.4, -0.2) is 40.5 Å². The fourth-order valence-electron chi connectivity index (χ4n) is 3.98. The Morgan fingerprint density at radius 1 is 1.24 bits per heavy atom. The van der Waals surface area contributed by atoms with Crippen molar-refractivity contribution < 1.29 is 29.0 Å². The molecule has 1 aliphatic rings. The van der Waals surface area contributed by atoms with Gasteiger partial charge < -0.3 is 24.6 Å². The first-order valence-electron chi connectivity index (χ1n) is 11.1. The highest BCUT2D eigenvalue weighted by Crippen LogP contribution is 2.50. The molecule has 0 unspecified atom stereocenters. The van der Waals surface area contributed by atoms with E-state index in [9.17, 15) is 20.0 Å². The van der Waals surface area contributed by atoms with Crippen LogP contribution in [0, 0.1) is 10.1 Å². The molecule has 0 aliphatic carbocycles. The number of rotatable bonds is 6. The van der Waals surface area contributed by atoms with E-state index in [2.05, 4.69) is 5.32 Å². The number of fused-ring (bicyclic) bond motifs is 1. The molecule has 1 heterocycles. The minimum Gasteiger partial charge on any atom is -0.490 e. The number of aliphatic hydroxyl groups is 1. The Morgan fingerprint density at radius 2 is 1.88 bits per heavy atom. The summed E-state index contributed by atoms with van der Waals surface area (Å²) in [5, 5.41) is 25.8. The Morgan fingerprint density at radius 3 is 2.44 bits per heavy atom. The second kappa shape index (κ2) is 9.50. The van der Waals surface area contributed by atoms with Crippen molar-refractivity contribution in [1.29, 1.82) is 0 Å². The van der Waals surface area contributed by atoms with Crippen LogP contribution in [0.4, 0.5) is 10.5 Å². The quantitative estimate of drug-likeness (QED) is 0.469. The molecular weight excluding hydrogens is 440 g/mol. The molecule has 1 aliphatic heterocycles. The lowest BCUT2D eigenvalue weighted by molar-refractivity contribution is -0.386. The average Bonchev–Trinajstić information content (AvgIpc) is 2.74. The number of carbonyl (C=O) groups is 1. The standard InChI is InChI=1S/C25H32N2O7/c1-24(2,3)26-23(29)33-21-17-14-18(32-6)19(27(30)31)16(13-12-15-10-8-7-9-11-15)20(17)34-25(4,5)22(21)28/h7-11,14,21-22,28H,12-13H2,1-6H3,(H,26,29)/t21-,22+/m0/s1. The predicted octanol–water partition coefficient (Wildman–Crippen LogP) is 4.49. The predicted molar refractivity (Wildman–Crippen MR) is 126 cm³/mol. The van der Waals surface area contributed by atoms with Gasteiger partial charge in [-0.15, -0.1) is 0 Å². The summed E-state index contributed by atoms with van der Waals surface area (Å²) in [6, 6.07) is 11.0. The van der Waals surface area contributed by atoms with Crippen molar-refractivity contribution in [1.82, 2.24) is 5.32 Å². The fourth-order valence-corrected chi connectivity index (χ4v) is 3.98. The Labute approximate surface area is 199 Å². The minimum atomic E-state index is -1.22. The van der Waals surface area contributed by atoms with Crippen LogP contribution >= 0.6 is 0 Å². The highest BCUT2D eigenvalue weighted by molar-refractivity contribution is 5.70. The smallest absolute Gasteiger partial charge is 0.408 e. The molecule has 2 aromatic rings. The van der Waals surface area contributed by atoms with Gasteiger partial charge >= 0.3 is 11.8 Å². The van der Waals surface area contributed by atoms with E-state index in [1.165, 1.54) is 13.2 Å². The van der Waals surface area contributed by atoms with Crippen molar-refractivity contribution in [3.8, 4) is 11.5 Å². The number of nitro benzene ring substituents is 1. The number of ether oxygens (including phenoxy) is 3. The van der Waals surface area contributed by atoms with Gasteiger partial charge in [0, 0.05) is 11.1 Å². The number of aliphatic hydroxyl groups excluding tert-OH is 1. The van der Waals surface area contributed by atoms with E-state index in [0.29, 0.717) is 17.5 Å². The van der Waals surface area contributed by atoms with E-state index in [4.69, 9.17) is 14.2 Å². The van der Waals surface area contributed by atoms with Gasteiger partial charge in [0.15, 0.2) is 11.9 Å². The third-order valence-corrected chi connectivity index (χ3v) is 5.63. The van der Waals surface area contributed by atoms with Crippen LogP contribution in [0.3, 0.4) is 0 Å². The topological polar surface area (TPSA) is 120 Å². The molecule has 2 aromatic carbocycles. The Bertz CT molecular complexity index is 1060. The lowest BCUT2D eigenvalue weighted by atomic mass is 9.85. The van der Waals surface area contributed by atoms with Gasteiger partial charge in [0.2, 0.25) is 0 Å². The van der Waals surface area contributed by atoms with E-state index in [1.807, 2.05) is 30.3 Å². The van der Waals surface area contributed by atoms with Gasteiger partial charge in [0.25, 0.3) is 0 Å². The Balaban J connectivity index is 2.13. The largest absolute Gasteiger partial charge is 0.490 e. The molecule has 0 radical (unpaired) electrons. The van der Waals surface area contributed by atoms with Crippen LogP contribution in [0.5, 0.6) is 11.5 Å². The van der Waals surface area contributed by atoms with E-state index in [1.54, 1.807) is 34.6 Å². The van der Waals surface area contributed by atoms with Crippen LogP contribution in [0.2, 0.25) is 0 Å². The Hall–Kier alpha value is -3.33. The number of alkyl carbamates (subject to hydrolysis) is 1. The van der Waals surface area contributed by atoms with Crippen LogP contribution < -0.4 is 14.8 Å². The number of nitrogens with one attached hydrogen (secondary N) is 1. The van der Waals surface area contributed by atoms with Crippen molar-refractivity contribution >= 4 is 11.8 Å². The number of aryl methyl sites for hydroxylation is 1. The van der Waals surface area contributed by atoms with Gasteiger partial charge in [-0.1, -0.05) is 30.3 Å². The summed E-state index contributed by atoms with van der Waals surface area (Å²) >= 11 is 0. The van der Waals surface area contributed by atoms with Crippen LogP contribution in [0.1, 0.15) is 57.4 Å². The monoisotopic (exact) mass is 472 g/mol. The summed E-state index contributed by atoms with van der Waals surface area (Å²) in [6.45, 7) is 8.72. The maximum Gasteiger partial charge on any atom is 0.408 e. The third-order valence-electron chi connectivity index (χ3n) is 5.63. The third kappa shape index (κ3) is 5.41. The lowest BCUT2D eigenvalue weighted by Crippen LogP contribution is -2.51. The average molecular weight is 473 g/mol. The molecule has 1 amide bonds. The maximum atomic E-state index is 12.6. The fraction of sp³-hybridized carbons (Fsp3) is 0.480. The highest BCUT2D eigenvalue weighted by Gasteiger charge is 2.48. The molecule has 0 fully saturated rings. The van der Waals surface area contributed by atoms with Crippen molar-refractivity contribution in [3.05, 3.63) is 63.2 Å². The summed E-state index contributed by atoms with van der Waals surface area (Å²) in [4.78, 5) is 24.2. The molecule has 0 bridgehead atoms. The van der Waals surface area contributed by atoms with E-state index < -0.39 is 34.4 Å². The van der Waals surface area contributed by atoms with Crippen molar-refractivity contribution in [2.24, 2.45) is 0 Å². The molecule has 9 nitrogen and oxygen atoms in total. The highest BCUT2D eigenvalue weighted by atomic mass is 16.6. The zero-order chi connectivity index (χ0) is 25.3. The van der Waals surface area contributed by atoms with Crippen molar-refractivity contribution in [2.45, 2.75) is 70.8 Å². The molecule has 3 rings (SSSR count). The summed E-state index contributed by atoms with van der Waals surface area (Å²) < 4.78 is 17.1. The number of amides is 1. The van der Waals surface area contributed by atoms with Gasteiger partial charge in [-0.05, 0) is 59.1 Å². The van der Waals surface area contributed by atoms with Crippen LogP contribution in [-0.2, 0) is 17.6 Å². The maximum absolute atomic E-state index is 12.6. The summed E-state index contributed by atoms with van der Waals surface area (Å²) in [6.07, 6.45) is -2.26. The van der Waals surface area contributed by atoms with Crippen LogP contribution in [0.25, 0.3) is 0 Å². The first-order chi connectivity index (χ1) is 15.8. The van der Waals surface area contributed by atoms with Gasteiger partial charge in [-0.3, -0.25) is 10.1 Å². The number of nitro groups is 1. The summed E-state index contributed by atoms with van der Waals surface area (Å²) in [7, 11) is 1.34. The number of carbonyl (C=O) groups excluding carboxylic acids is 1. The molecule has 0 saturated heterocycles.